The minimum atomic E-state index is 0.820. The van der Waals surface area contributed by atoms with E-state index in [1.54, 1.807) is 12.7 Å². The molecule has 26 heavy (non-hydrogen) atoms. The zero-order valence-corrected chi connectivity index (χ0v) is 15.2. The van der Waals surface area contributed by atoms with E-state index in [-0.39, 0.29) is 0 Å². The maximum atomic E-state index is 3.90. The average molecular weight is 348 g/mol. The van der Waals surface area contributed by atoms with Crippen molar-refractivity contribution >= 4 is 0 Å². The van der Waals surface area contributed by atoms with Gasteiger partial charge in [-0.1, -0.05) is 30.0 Å². The smallest absolute Gasteiger partial charge is 0.120 e. The molecule has 0 aliphatic carbocycles. The van der Waals surface area contributed by atoms with Crippen LogP contribution in [0.3, 0.4) is 0 Å². The Morgan fingerprint density at radius 2 is 1.81 bits per heavy atom. The lowest BCUT2D eigenvalue weighted by atomic mass is 10.0. The van der Waals surface area contributed by atoms with Gasteiger partial charge in [0.05, 0.1) is 19.9 Å². The van der Waals surface area contributed by atoms with Crippen molar-refractivity contribution in [2.45, 2.75) is 13.1 Å². The summed E-state index contributed by atoms with van der Waals surface area (Å²) in [6, 6.07) is 10.2. The highest BCUT2D eigenvalue weighted by atomic mass is 15.4. The van der Waals surface area contributed by atoms with E-state index >= 15 is 0 Å². The minimum absolute atomic E-state index is 0.820. The van der Waals surface area contributed by atoms with E-state index < -0.39 is 0 Å². The number of hydrogen-bond donors (Lipinski definition) is 0. The molecule has 0 spiro atoms. The van der Waals surface area contributed by atoms with Crippen LogP contribution < -0.4 is 0 Å². The van der Waals surface area contributed by atoms with Crippen molar-refractivity contribution in [1.29, 1.82) is 0 Å². The van der Waals surface area contributed by atoms with Gasteiger partial charge in [-0.2, -0.15) is 0 Å². The Bertz CT molecular complexity index is 815. The molecule has 4 rings (SSSR count). The van der Waals surface area contributed by atoms with E-state index in [4.69, 9.17) is 0 Å². The summed E-state index contributed by atoms with van der Waals surface area (Å²) in [5, 5.41) is 7.79. The maximum absolute atomic E-state index is 3.90. The van der Waals surface area contributed by atoms with Gasteiger partial charge in [0.2, 0.25) is 0 Å². The van der Waals surface area contributed by atoms with Gasteiger partial charge in [-0.3, -0.25) is 9.80 Å². The lowest BCUT2D eigenvalue weighted by molar-refractivity contribution is 0.115. The van der Waals surface area contributed by atoms with Crippen LogP contribution in [-0.2, 0) is 6.67 Å². The van der Waals surface area contributed by atoms with E-state index in [1.165, 1.54) is 11.3 Å². The first-order chi connectivity index (χ1) is 12.8. The Kier molecular flexibility index (Phi) is 5.00. The molecule has 0 N–H and O–H groups in total. The van der Waals surface area contributed by atoms with Crippen LogP contribution in [0, 0.1) is 11.8 Å². The average Bonchev–Trinajstić information content (AvgIpc) is 3.15. The van der Waals surface area contributed by atoms with E-state index in [1.807, 2.05) is 22.8 Å². The molecule has 0 atom stereocenters. The molecule has 1 aromatic heterocycles. The number of rotatable bonds is 3. The van der Waals surface area contributed by atoms with Crippen molar-refractivity contribution in [2.75, 3.05) is 39.9 Å². The monoisotopic (exact) mass is 348 g/mol. The second kappa shape index (κ2) is 7.73. The fourth-order valence-electron chi connectivity index (χ4n) is 3.72. The number of benzene rings is 1. The number of nitrogens with zero attached hydrogens (tertiary/aromatic N) is 6. The van der Waals surface area contributed by atoms with Gasteiger partial charge in [-0.15, -0.1) is 10.2 Å². The van der Waals surface area contributed by atoms with E-state index in [0.29, 0.717) is 0 Å². The zero-order chi connectivity index (χ0) is 17.8. The van der Waals surface area contributed by atoms with Crippen LogP contribution >= 0.6 is 0 Å². The molecule has 0 bridgehead atoms. The lowest BCUT2D eigenvalue weighted by Crippen LogP contribution is -2.47. The minimum Gasteiger partial charge on any atom is -0.365 e. The lowest BCUT2D eigenvalue weighted by Gasteiger charge is -2.42. The normalized spacial score (nSPS) is 18.4. The topological polar surface area (TPSA) is 40.4 Å². The molecular formula is C20H24N6. The summed E-state index contributed by atoms with van der Waals surface area (Å²) in [6.45, 7) is 5.67. The molecule has 6 heteroatoms. The van der Waals surface area contributed by atoms with Gasteiger partial charge in [0.1, 0.15) is 12.7 Å². The molecule has 0 saturated heterocycles. The molecule has 134 valence electrons. The molecule has 2 aromatic rings. The van der Waals surface area contributed by atoms with Crippen LogP contribution in [0.1, 0.15) is 12.0 Å². The first-order valence-electron chi connectivity index (χ1n) is 9.01. The molecule has 2 aliphatic rings. The van der Waals surface area contributed by atoms with Crippen LogP contribution in [0.2, 0.25) is 0 Å². The summed E-state index contributed by atoms with van der Waals surface area (Å²) in [6.07, 6.45) is 4.66. The van der Waals surface area contributed by atoms with Crippen molar-refractivity contribution in [2.24, 2.45) is 0 Å². The quantitative estimate of drug-likeness (QED) is 0.786. The summed E-state index contributed by atoms with van der Waals surface area (Å²) in [5.41, 5.74) is 4.11. The molecule has 0 saturated carbocycles. The Morgan fingerprint density at radius 3 is 2.62 bits per heavy atom. The Morgan fingerprint density at radius 1 is 1.04 bits per heavy atom. The molecule has 6 nitrogen and oxygen atoms in total. The van der Waals surface area contributed by atoms with Gasteiger partial charge in [-0.25, -0.2) is 0 Å². The van der Waals surface area contributed by atoms with Crippen LogP contribution in [0.15, 0.2) is 54.3 Å². The van der Waals surface area contributed by atoms with Crippen molar-refractivity contribution in [1.82, 2.24) is 29.5 Å². The van der Waals surface area contributed by atoms with Gasteiger partial charge in [0.15, 0.2) is 0 Å². The second-order valence-electron chi connectivity index (χ2n) is 6.96. The fourth-order valence-corrected chi connectivity index (χ4v) is 3.72. The molecule has 3 heterocycles. The van der Waals surface area contributed by atoms with Crippen LogP contribution in [-0.4, -0.2) is 69.4 Å². The molecule has 0 unspecified atom stereocenters. The van der Waals surface area contributed by atoms with E-state index in [0.717, 1.165) is 51.5 Å². The second-order valence-corrected chi connectivity index (χ2v) is 6.96. The first-order valence-corrected chi connectivity index (χ1v) is 9.01. The van der Waals surface area contributed by atoms with Crippen molar-refractivity contribution < 1.29 is 0 Å². The molecule has 0 amide bonds. The van der Waals surface area contributed by atoms with Gasteiger partial charge in [-0.05, 0) is 17.7 Å². The van der Waals surface area contributed by atoms with Gasteiger partial charge >= 0.3 is 0 Å². The molecular weight excluding hydrogens is 324 g/mol. The van der Waals surface area contributed by atoms with E-state index in [2.05, 4.69) is 55.9 Å². The van der Waals surface area contributed by atoms with Gasteiger partial charge < -0.3 is 9.47 Å². The Hall–Kier alpha value is -2.62. The largest absolute Gasteiger partial charge is 0.365 e. The van der Waals surface area contributed by atoms with Crippen LogP contribution in [0.5, 0.6) is 0 Å². The zero-order valence-electron chi connectivity index (χ0n) is 15.2. The molecule has 2 aliphatic heterocycles. The summed E-state index contributed by atoms with van der Waals surface area (Å²) in [5.74, 6) is 6.60. The third-order valence-electron chi connectivity index (χ3n) is 4.91. The summed E-state index contributed by atoms with van der Waals surface area (Å²) in [7, 11) is 2.19. The standard InChI is InChI=1S/C20H24N6/c1-23-16-25(17-26-14-21-22-15-26)13-19-12-24(11-9-20(19)23)10-5-8-18-6-3-2-4-7-18/h2-4,6-7,14-15H,9-13,16-17H2,1H3. The number of aromatic nitrogens is 3. The van der Waals surface area contributed by atoms with Crippen LogP contribution in [0.25, 0.3) is 0 Å². The number of hydrogen-bond acceptors (Lipinski definition) is 5. The molecule has 0 fully saturated rings. The summed E-state index contributed by atoms with van der Waals surface area (Å²) >= 11 is 0. The van der Waals surface area contributed by atoms with Crippen molar-refractivity contribution in [3.63, 3.8) is 0 Å². The Labute approximate surface area is 154 Å². The molecule has 1 aromatic carbocycles. The van der Waals surface area contributed by atoms with Gasteiger partial charge in [0.25, 0.3) is 0 Å². The highest BCUT2D eigenvalue weighted by Crippen LogP contribution is 2.25. The fraction of sp³-hybridized carbons (Fsp3) is 0.400. The maximum Gasteiger partial charge on any atom is 0.120 e. The third-order valence-corrected chi connectivity index (χ3v) is 4.91. The summed E-state index contributed by atoms with van der Waals surface area (Å²) < 4.78 is 2.02. The predicted octanol–water partition coefficient (Wildman–Crippen LogP) is 1.45. The first kappa shape index (κ1) is 16.8. The highest BCUT2D eigenvalue weighted by molar-refractivity contribution is 5.34. The SMILES string of the molecule is CN1CN(Cn2cnnc2)CC2=C1CCN(CC#Cc1ccccc1)C2. The van der Waals surface area contributed by atoms with Crippen molar-refractivity contribution in [3.05, 3.63) is 59.8 Å². The van der Waals surface area contributed by atoms with E-state index in [9.17, 15) is 0 Å². The van der Waals surface area contributed by atoms with Crippen molar-refractivity contribution in [3.8, 4) is 11.8 Å². The molecule has 0 radical (unpaired) electrons. The Balaban J connectivity index is 1.38. The van der Waals surface area contributed by atoms with Crippen LogP contribution in [0.4, 0.5) is 0 Å². The third kappa shape index (κ3) is 3.96. The summed E-state index contributed by atoms with van der Waals surface area (Å²) in [4.78, 5) is 7.25. The highest BCUT2D eigenvalue weighted by Gasteiger charge is 2.27. The predicted molar refractivity (Wildman–Crippen MR) is 101 cm³/mol. The van der Waals surface area contributed by atoms with Gasteiger partial charge in [0, 0.05) is 44.4 Å².